The number of sulfonamides is 1. The van der Waals surface area contributed by atoms with E-state index in [0.717, 1.165) is 33.9 Å². The summed E-state index contributed by atoms with van der Waals surface area (Å²) in [6.45, 7) is 1.73. The van der Waals surface area contributed by atoms with Crippen LogP contribution in [0.1, 0.15) is 12.5 Å². The Kier molecular flexibility index (Phi) is 5.97. The highest BCUT2D eigenvalue weighted by atomic mass is 32.2. The maximum absolute atomic E-state index is 13.2. The molecule has 0 bridgehead atoms. The molecule has 2 aromatic carbocycles. The Morgan fingerprint density at radius 2 is 1.83 bits per heavy atom. The van der Waals surface area contributed by atoms with Gasteiger partial charge in [0.15, 0.2) is 0 Å². The third-order valence-corrected chi connectivity index (χ3v) is 5.62. The largest absolute Gasteiger partial charge is 0.350 e. The number of hydrogen-bond donors (Lipinski definition) is 1. The van der Waals surface area contributed by atoms with E-state index in [1.807, 2.05) is 35.0 Å². The van der Waals surface area contributed by atoms with Crippen molar-refractivity contribution >= 4 is 21.6 Å². The number of carbonyl (C=O) groups is 1. The number of halogens is 1. The molecule has 0 unspecified atom stereocenters. The van der Waals surface area contributed by atoms with Gasteiger partial charge in [-0.25, -0.2) is 17.8 Å². The van der Waals surface area contributed by atoms with E-state index < -0.39 is 27.8 Å². The Morgan fingerprint density at radius 1 is 1.17 bits per heavy atom. The molecule has 0 saturated carbocycles. The maximum atomic E-state index is 13.2. The molecule has 0 aliphatic heterocycles. The van der Waals surface area contributed by atoms with Gasteiger partial charge in [-0.1, -0.05) is 12.1 Å². The summed E-state index contributed by atoms with van der Waals surface area (Å²) in [7, 11) is -3.75. The van der Waals surface area contributed by atoms with Gasteiger partial charge in [-0.15, -0.1) is 0 Å². The van der Waals surface area contributed by atoms with Crippen molar-refractivity contribution in [2.75, 3.05) is 10.6 Å². The van der Waals surface area contributed by atoms with Crippen molar-refractivity contribution in [3.05, 3.63) is 78.6 Å². The molecule has 1 N–H and O–H groups in total. The van der Waals surface area contributed by atoms with Crippen LogP contribution in [-0.2, 0) is 21.4 Å². The van der Waals surface area contributed by atoms with Crippen molar-refractivity contribution in [1.29, 1.82) is 0 Å². The van der Waals surface area contributed by atoms with E-state index in [9.17, 15) is 17.6 Å². The van der Waals surface area contributed by atoms with Gasteiger partial charge in [0.25, 0.3) is 0 Å². The molecule has 1 amide bonds. The van der Waals surface area contributed by atoms with Gasteiger partial charge in [-0.05, 0) is 48.9 Å². The van der Waals surface area contributed by atoms with E-state index in [1.165, 1.54) is 19.1 Å². The number of nitrogens with zero attached hydrogens (tertiary/aromatic N) is 3. The van der Waals surface area contributed by atoms with Crippen LogP contribution in [0.3, 0.4) is 0 Å². The lowest BCUT2D eigenvalue weighted by Gasteiger charge is -2.28. The monoisotopic (exact) mass is 416 g/mol. The van der Waals surface area contributed by atoms with Crippen LogP contribution in [-0.4, -0.2) is 36.2 Å². The fourth-order valence-electron chi connectivity index (χ4n) is 2.93. The second-order valence-corrected chi connectivity index (χ2v) is 8.42. The zero-order valence-corrected chi connectivity index (χ0v) is 16.8. The molecule has 1 heterocycles. The maximum Gasteiger partial charge on any atom is 0.243 e. The first kappa shape index (κ1) is 20.5. The quantitative estimate of drug-likeness (QED) is 0.641. The van der Waals surface area contributed by atoms with Gasteiger partial charge < -0.3 is 9.88 Å². The predicted molar refractivity (Wildman–Crippen MR) is 109 cm³/mol. The van der Waals surface area contributed by atoms with E-state index in [4.69, 9.17) is 0 Å². The number of carbonyl (C=O) groups excluding carboxylic acids is 1. The van der Waals surface area contributed by atoms with Crippen LogP contribution in [0.5, 0.6) is 0 Å². The lowest BCUT2D eigenvalue weighted by molar-refractivity contribution is -0.122. The molecule has 1 atom stereocenters. The fourth-order valence-corrected chi connectivity index (χ4v) is 4.11. The van der Waals surface area contributed by atoms with Gasteiger partial charge in [-0.2, -0.15) is 0 Å². The zero-order valence-electron chi connectivity index (χ0n) is 16.0. The van der Waals surface area contributed by atoms with E-state index in [-0.39, 0.29) is 12.2 Å². The summed E-state index contributed by atoms with van der Waals surface area (Å²) in [5.41, 5.74) is 2.02. The van der Waals surface area contributed by atoms with Gasteiger partial charge in [-0.3, -0.25) is 9.10 Å². The molecule has 7 nitrogen and oxygen atoms in total. The van der Waals surface area contributed by atoms with Crippen molar-refractivity contribution in [2.45, 2.75) is 19.5 Å². The summed E-state index contributed by atoms with van der Waals surface area (Å²) >= 11 is 0. The van der Waals surface area contributed by atoms with Crippen molar-refractivity contribution in [3.63, 3.8) is 0 Å². The number of anilines is 1. The topological polar surface area (TPSA) is 84.3 Å². The average molecular weight is 416 g/mol. The summed E-state index contributed by atoms with van der Waals surface area (Å²) in [4.78, 5) is 16.6. The van der Waals surface area contributed by atoms with Crippen molar-refractivity contribution in [2.24, 2.45) is 0 Å². The van der Waals surface area contributed by atoms with Gasteiger partial charge in [0, 0.05) is 24.6 Å². The minimum Gasteiger partial charge on any atom is -0.350 e. The lowest BCUT2D eigenvalue weighted by Crippen LogP contribution is -2.47. The Morgan fingerprint density at radius 3 is 2.38 bits per heavy atom. The molecular formula is C20H21FN4O3S. The third kappa shape index (κ3) is 5.00. The molecular weight excluding hydrogens is 395 g/mol. The normalized spacial score (nSPS) is 12.4. The second kappa shape index (κ2) is 8.44. The highest BCUT2D eigenvalue weighted by Crippen LogP contribution is 2.21. The van der Waals surface area contributed by atoms with Crippen LogP contribution in [0, 0.1) is 5.82 Å². The van der Waals surface area contributed by atoms with Crippen molar-refractivity contribution < 1.29 is 17.6 Å². The molecule has 0 fully saturated rings. The first-order valence-corrected chi connectivity index (χ1v) is 10.7. The molecule has 0 spiro atoms. The van der Waals surface area contributed by atoms with Crippen molar-refractivity contribution in [1.82, 2.24) is 14.9 Å². The third-order valence-electron chi connectivity index (χ3n) is 4.38. The number of aromatic nitrogens is 2. The number of rotatable bonds is 7. The summed E-state index contributed by atoms with van der Waals surface area (Å²) in [6, 6.07) is 11.5. The SMILES string of the molecule is C[C@@H](C(=O)NCc1ccc(-n2ccnc2)cc1)N(c1ccc(F)cc1)S(C)(=O)=O. The summed E-state index contributed by atoms with van der Waals surface area (Å²) in [5, 5.41) is 2.75. The predicted octanol–water partition coefficient (Wildman–Crippen LogP) is 2.48. The molecule has 3 aromatic rings. The van der Waals surface area contributed by atoms with Gasteiger partial charge >= 0.3 is 0 Å². The number of hydrogen-bond acceptors (Lipinski definition) is 4. The molecule has 0 saturated heterocycles. The standard InChI is InChI=1S/C20H21FN4O3S/c1-15(25(29(2,27)28)19-9-5-17(21)6-10-19)20(26)23-13-16-3-7-18(8-4-16)24-12-11-22-14-24/h3-12,14-15H,13H2,1-2H3,(H,23,26)/t15-/m0/s1. The zero-order chi connectivity index (χ0) is 21.0. The van der Waals surface area contributed by atoms with Crippen LogP contribution in [0.2, 0.25) is 0 Å². The molecule has 29 heavy (non-hydrogen) atoms. The fraction of sp³-hybridized carbons (Fsp3) is 0.200. The lowest BCUT2D eigenvalue weighted by atomic mass is 10.2. The van der Waals surface area contributed by atoms with Crippen LogP contribution in [0.4, 0.5) is 10.1 Å². The van der Waals surface area contributed by atoms with Crippen LogP contribution >= 0.6 is 0 Å². The summed E-state index contributed by atoms with van der Waals surface area (Å²) in [6.07, 6.45) is 6.21. The molecule has 0 aliphatic carbocycles. The Balaban J connectivity index is 1.69. The number of imidazole rings is 1. The first-order chi connectivity index (χ1) is 13.8. The molecule has 0 radical (unpaired) electrons. The second-order valence-electron chi connectivity index (χ2n) is 6.57. The highest BCUT2D eigenvalue weighted by molar-refractivity contribution is 7.92. The Hall–Kier alpha value is -3.20. The summed E-state index contributed by atoms with van der Waals surface area (Å²) in [5.74, 6) is -0.947. The summed E-state index contributed by atoms with van der Waals surface area (Å²) < 4.78 is 40.5. The Bertz CT molecular complexity index is 1070. The number of nitrogens with one attached hydrogen (secondary N) is 1. The van der Waals surface area contributed by atoms with E-state index >= 15 is 0 Å². The van der Waals surface area contributed by atoms with Gasteiger partial charge in [0.05, 0.1) is 18.3 Å². The molecule has 1 aromatic heterocycles. The number of benzene rings is 2. The number of amides is 1. The first-order valence-electron chi connectivity index (χ1n) is 8.85. The van der Waals surface area contributed by atoms with E-state index in [0.29, 0.717) is 0 Å². The molecule has 3 rings (SSSR count). The Labute approximate surface area is 168 Å². The van der Waals surface area contributed by atoms with E-state index in [2.05, 4.69) is 10.3 Å². The van der Waals surface area contributed by atoms with Crippen molar-refractivity contribution in [3.8, 4) is 5.69 Å². The average Bonchev–Trinajstić information content (AvgIpc) is 3.22. The van der Waals surface area contributed by atoms with Crippen LogP contribution < -0.4 is 9.62 Å². The minimum absolute atomic E-state index is 0.223. The minimum atomic E-state index is -3.75. The highest BCUT2D eigenvalue weighted by Gasteiger charge is 2.28. The van der Waals surface area contributed by atoms with Gasteiger partial charge in [0.2, 0.25) is 15.9 Å². The van der Waals surface area contributed by atoms with Crippen LogP contribution in [0.15, 0.2) is 67.3 Å². The smallest absolute Gasteiger partial charge is 0.243 e. The van der Waals surface area contributed by atoms with E-state index in [1.54, 1.807) is 12.5 Å². The molecule has 0 aliphatic rings. The molecule has 152 valence electrons. The van der Waals surface area contributed by atoms with Gasteiger partial charge in [0.1, 0.15) is 11.9 Å². The van der Waals surface area contributed by atoms with Crippen LogP contribution in [0.25, 0.3) is 5.69 Å². The molecule has 9 heteroatoms.